The van der Waals surface area contributed by atoms with Crippen molar-refractivity contribution in [2.45, 2.75) is 32.2 Å². The maximum absolute atomic E-state index is 12.6. The topological polar surface area (TPSA) is 75.4 Å². The minimum absolute atomic E-state index is 0. The van der Waals surface area contributed by atoms with Crippen LogP contribution in [0.2, 0.25) is 0 Å². The highest BCUT2D eigenvalue weighted by Crippen LogP contribution is 2.20. The Morgan fingerprint density at radius 1 is 1.07 bits per heavy atom. The molecule has 1 unspecified atom stereocenters. The zero-order valence-corrected chi connectivity index (χ0v) is 17.0. The summed E-state index contributed by atoms with van der Waals surface area (Å²) in [6.07, 6.45) is 2.32. The van der Waals surface area contributed by atoms with Crippen LogP contribution in [0.1, 0.15) is 48.1 Å². The number of piperidine rings is 1. The number of likely N-dealkylation sites (tertiary alicyclic amines) is 1. The second-order valence-electron chi connectivity index (χ2n) is 7.32. The predicted molar refractivity (Wildman–Crippen MR) is 115 cm³/mol. The minimum Gasteiger partial charge on any atom is -0.339 e. The fourth-order valence-electron chi connectivity index (χ4n) is 3.32. The molecule has 1 heterocycles. The van der Waals surface area contributed by atoms with Gasteiger partial charge in [0, 0.05) is 36.8 Å². The molecule has 0 aliphatic carbocycles. The highest BCUT2D eigenvalue weighted by molar-refractivity contribution is 5.96. The van der Waals surface area contributed by atoms with E-state index in [0.717, 1.165) is 31.5 Å². The average molecular weight is 402 g/mol. The molecule has 0 aromatic heterocycles. The van der Waals surface area contributed by atoms with E-state index in [1.807, 2.05) is 35.2 Å². The predicted octanol–water partition coefficient (Wildman–Crippen LogP) is 4.01. The molecule has 1 fully saturated rings. The van der Waals surface area contributed by atoms with Crippen LogP contribution in [0.4, 0.5) is 5.69 Å². The first-order valence-electron chi connectivity index (χ1n) is 9.52. The van der Waals surface area contributed by atoms with Gasteiger partial charge in [-0.25, -0.2) is 0 Å². The van der Waals surface area contributed by atoms with Gasteiger partial charge >= 0.3 is 0 Å². The zero-order chi connectivity index (χ0) is 19.2. The molecule has 3 rings (SSSR count). The third-order valence-electron chi connectivity index (χ3n) is 5.12. The van der Waals surface area contributed by atoms with E-state index in [1.165, 1.54) is 0 Å². The van der Waals surface area contributed by atoms with E-state index < -0.39 is 0 Å². The summed E-state index contributed by atoms with van der Waals surface area (Å²) in [4.78, 5) is 26.7. The molecule has 1 aliphatic rings. The number of hydrogen-bond acceptors (Lipinski definition) is 3. The third kappa shape index (κ3) is 5.81. The van der Waals surface area contributed by atoms with Crippen LogP contribution >= 0.6 is 12.4 Å². The molecule has 0 saturated carbocycles. The maximum Gasteiger partial charge on any atom is 0.253 e. The molecular formula is C22H28ClN3O2. The number of nitrogens with zero attached hydrogens (tertiary/aromatic N) is 1. The van der Waals surface area contributed by atoms with Crippen LogP contribution in [-0.2, 0) is 4.79 Å². The number of benzene rings is 2. The smallest absolute Gasteiger partial charge is 0.253 e. The molecule has 2 aromatic carbocycles. The SMILES string of the molecule is CC1CCN(C(=O)c2ccc(NC(=O)CC(N)c3ccccc3)cc2)CC1.Cl. The van der Waals surface area contributed by atoms with Gasteiger partial charge in [0.1, 0.15) is 0 Å². The summed E-state index contributed by atoms with van der Waals surface area (Å²) in [6, 6.07) is 16.3. The Hall–Kier alpha value is -2.37. The van der Waals surface area contributed by atoms with Crippen molar-refractivity contribution in [1.29, 1.82) is 0 Å². The van der Waals surface area contributed by atoms with E-state index in [-0.39, 0.29) is 36.7 Å². The van der Waals surface area contributed by atoms with E-state index in [9.17, 15) is 9.59 Å². The Labute approximate surface area is 172 Å². The quantitative estimate of drug-likeness (QED) is 0.794. The van der Waals surface area contributed by atoms with Gasteiger partial charge in [0.25, 0.3) is 5.91 Å². The second-order valence-corrected chi connectivity index (χ2v) is 7.32. The van der Waals surface area contributed by atoms with Crippen molar-refractivity contribution in [2.75, 3.05) is 18.4 Å². The van der Waals surface area contributed by atoms with Gasteiger partial charge in [0.05, 0.1) is 0 Å². The van der Waals surface area contributed by atoms with Gasteiger partial charge in [-0.15, -0.1) is 12.4 Å². The highest BCUT2D eigenvalue weighted by atomic mass is 35.5. The molecule has 5 nitrogen and oxygen atoms in total. The van der Waals surface area contributed by atoms with Crippen molar-refractivity contribution >= 4 is 29.9 Å². The van der Waals surface area contributed by atoms with E-state index >= 15 is 0 Å². The van der Waals surface area contributed by atoms with Crippen LogP contribution in [0.25, 0.3) is 0 Å². The van der Waals surface area contributed by atoms with Crippen LogP contribution in [0.3, 0.4) is 0 Å². The third-order valence-corrected chi connectivity index (χ3v) is 5.12. The number of nitrogens with two attached hydrogens (primary N) is 1. The van der Waals surface area contributed by atoms with Crippen LogP contribution < -0.4 is 11.1 Å². The summed E-state index contributed by atoms with van der Waals surface area (Å²) in [7, 11) is 0. The molecule has 1 saturated heterocycles. The molecule has 2 aromatic rings. The first-order chi connectivity index (χ1) is 13.0. The van der Waals surface area contributed by atoms with Gasteiger partial charge in [-0.2, -0.15) is 0 Å². The van der Waals surface area contributed by atoms with E-state index in [1.54, 1.807) is 24.3 Å². The fourth-order valence-corrected chi connectivity index (χ4v) is 3.32. The lowest BCUT2D eigenvalue weighted by atomic mass is 9.98. The number of carbonyl (C=O) groups is 2. The van der Waals surface area contributed by atoms with E-state index in [2.05, 4.69) is 12.2 Å². The molecule has 0 spiro atoms. The number of amides is 2. The lowest BCUT2D eigenvalue weighted by molar-refractivity contribution is -0.116. The van der Waals surface area contributed by atoms with Crippen LogP contribution in [0, 0.1) is 5.92 Å². The van der Waals surface area contributed by atoms with Gasteiger partial charge < -0.3 is 16.0 Å². The summed E-state index contributed by atoms with van der Waals surface area (Å²) in [6.45, 7) is 3.86. The Bertz CT molecular complexity index is 772. The summed E-state index contributed by atoms with van der Waals surface area (Å²) in [5.41, 5.74) is 8.36. The monoisotopic (exact) mass is 401 g/mol. The van der Waals surface area contributed by atoms with Crippen LogP contribution in [-0.4, -0.2) is 29.8 Å². The summed E-state index contributed by atoms with van der Waals surface area (Å²) < 4.78 is 0. The number of nitrogens with one attached hydrogen (secondary N) is 1. The van der Waals surface area contributed by atoms with Gasteiger partial charge in [0.2, 0.25) is 5.91 Å². The van der Waals surface area contributed by atoms with Crippen molar-refractivity contribution < 1.29 is 9.59 Å². The van der Waals surface area contributed by atoms with Crippen LogP contribution in [0.5, 0.6) is 0 Å². The molecule has 1 aliphatic heterocycles. The standard InChI is InChI=1S/C22H27N3O2.ClH/c1-16-11-13-25(14-12-16)22(27)18-7-9-19(10-8-18)24-21(26)15-20(23)17-5-3-2-4-6-17;/h2-10,16,20H,11-15,23H2,1H3,(H,24,26);1H. The number of halogens is 1. The Morgan fingerprint density at radius 2 is 1.68 bits per heavy atom. The van der Waals surface area contributed by atoms with Crippen molar-refractivity contribution in [1.82, 2.24) is 4.90 Å². The van der Waals surface area contributed by atoms with Crippen molar-refractivity contribution in [2.24, 2.45) is 11.7 Å². The largest absolute Gasteiger partial charge is 0.339 e. The second kappa shape index (κ2) is 10.2. The first kappa shape index (κ1) is 21.9. The zero-order valence-electron chi connectivity index (χ0n) is 16.1. The number of hydrogen-bond donors (Lipinski definition) is 2. The lowest BCUT2D eigenvalue weighted by Gasteiger charge is -2.30. The molecule has 0 radical (unpaired) electrons. The molecule has 150 valence electrons. The molecule has 3 N–H and O–H groups in total. The highest BCUT2D eigenvalue weighted by Gasteiger charge is 2.21. The minimum atomic E-state index is -0.339. The van der Waals surface area contributed by atoms with Crippen LogP contribution in [0.15, 0.2) is 54.6 Å². The molecule has 6 heteroatoms. The number of rotatable bonds is 5. The fraction of sp³-hybridized carbons (Fsp3) is 0.364. The summed E-state index contributed by atoms with van der Waals surface area (Å²) >= 11 is 0. The number of carbonyl (C=O) groups excluding carboxylic acids is 2. The van der Waals surface area contributed by atoms with E-state index in [0.29, 0.717) is 17.2 Å². The molecular weight excluding hydrogens is 374 g/mol. The summed E-state index contributed by atoms with van der Waals surface area (Å²) in [5.74, 6) is 0.607. The van der Waals surface area contributed by atoms with Gasteiger partial charge in [-0.3, -0.25) is 9.59 Å². The Balaban J connectivity index is 0.00000280. The molecule has 28 heavy (non-hydrogen) atoms. The van der Waals surface area contributed by atoms with Crippen molar-refractivity contribution in [3.63, 3.8) is 0 Å². The van der Waals surface area contributed by atoms with E-state index in [4.69, 9.17) is 5.73 Å². The molecule has 1 atom stereocenters. The van der Waals surface area contributed by atoms with Gasteiger partial charge in [0.15, 0.2) is 0 Å². The first-order valence-corrected chi connectivity index (χ1v) is 9.52. The molecule has 2 amide bonds. The van der Waals surface area contributed by atoms with Crippen molar-refractivity contribution in [3.05, 3.63) is 65.7 Å². The van der Waals surface area contributed by atoms with Gasteiger partial charge in [-0.1, -0.05) is 37.3 Å². The number of anilines is 1. The molecule has 0 bridgehead atoms. The maximum atomic E-state index is 12.6. The average Bonchev–Trinajstić information content (AvgIpc) is 2.69. The van der Waals surface area contributed by atoms with Crippen molar-refractivity contribution in [3.8, 4) is 0 Å². The summed E-state index contributed by atoms with van der Waals surface area (Å²) in [5, 5.41) is 2.85. The normalized spacial score (nSPS) is 15.4. The Kier molecular flexibility index (Phi) is 8.03. The lowest BCUT2D eigenvalue weighted by Crippen LogP contribution is -2.37. The Morgan fingerprint density at radius 3 is 2.29 bits per heavy atom. The van der Waals surface area contributed by atoms with Gasteiger partial charge in [-0.05, 0) is 48.6 Å².